The summed E-state index contributed by atoms with van der Waals surface area (Å²) in [5.41, 5.74) is 0. The van der Waals surface area contributed by atoms with Crippen LogP contribution < -0.4 is 5.32 Å². The quantitative estimate of drug-likeness (QED) is 0.866. The van der Waals surface area contributed by atoms with Crippen molar-refractivity contribution in [3.8, 4) is 0 Å². The Kier molecular flexibility index (Phi) is 5.97. The highest BCUT2D eigenvalue weighted by Crippen LogP contribution is 2.17. The number of amides is 2. The van der Waals surface area contributed by atoms with Crippen LogP contribution in [0.15, 0.2) is 17.5 Å². The molecule has 0 saturated carbocycles. The standard InChI is InChI=1S/C16H25N3O2S/c1-12(2)19-7-6-13(10-19)9-17-15(20)11-18(3)16(21)14-5-4-8-22-14/h4-5,8,12-13H,6-7,9-11H2,1-3H3,(H,17,20)/t13-/m1/s1. The highest BCUT2D eigenvalue weighted by molar-refractivity contribution is 7.12. The highest BCUT2D eigenvalue weighted by Gasteiger charge is 2.24. The molecule has 1 fully saturated rings. The van der Waals surface area contributed by atoms with Crippen molar-refractivity contribution in [2.75, 3.05) is 33.2 Å². The molecule has 0 aliphatic carbocycles. The molecule has 0 bridgehead atoms. The van der Waals surface area contributed by atoms with Crippen molar-refractivity contribution in [2.45, 2.75) is 26.3 Å². The summed E-state index contributed by atoms with van der Waals surface area (Å²) in [6, 6.07) is 4.18. The van der Waals surface area contributed by atoms with Crippen molar-refractivity contribution in [3.63, 3.8) is 0 Å². The normalized spacial score (nSPS) is 18.6. The molecule has 0 radical (unpaired) electrons. The molecule has 122 valence electrons. The first-order valence-corrected chi connectivity index (χ1v) is 8.65. The topological polar surface area (TPSA) is 52.7 Å². The lowest BCUT2D eigenvalue weighted by atomic mass is 10.1. The Balaban J connectivity index is 1.71. The van der Waals surface area contributed by atoms with Gasteiger partial charge in [0.2, 0.25) is 5.91 Å². The van der Waals surface area contributed by atoms with Crippen molar-refractivity contribution in [2.24, 2.45) is 5.92 Å². The number of nitrogens with zero attached hydrogens (tertiary/aromatic N) is 2. The van der Waals surface area contributed by atoms with Crippen molar-refractivity contribution in [1.29, 1.82) is 0 Å². The largest absolute Gasteiger partial charge is 0.354 e. The number of nitrogens with one attached hydrogen (secondary N) is 1. The minimum Gasteiger partial charge on any atom is -0.354 e. The van der Waals surface area contributed by atoms with Gasteiger partial charge in [-0.1, -0.05) is 6.07 Å². The van der Waals surface area contributed by atoms with Gasteiger partial charge in [0.15, 0.2) is 0 Å². The summed E-state index contributed by atoms with van der Waals surface area (Å²) < 4.78 is 0. The van der Waals surface area contributed by atoms with E-state index in [9.17, 15) is 9.59 Å². The van der Waals surface area contributed by atoms with E-state index in [-0.39, 0.29) is 18.4 Å². The predicted octanol–water partition coefficient (Wildman–Crippen LogP) is 1.67. The van der Waals surface area contributed by atoms with Crippen molar-refractivity contribution >= 4 is 23.2 Å². The van der Waals surface area contributed by atoms with E-state index in [1.807, 2.05) is 11.4 Å². The molecular formula is C16H25N3O2S. The number of carbonyl (C=O) groups excluding carboxylic acids is 2. The zero-order valence-electron chi connectivity index (χ0n) is 13.5. The Morgan fingerprint density at radius 1 is 1.50 bits per heavy atom. The summed E-state index contributed by atoms with van der Waals surface area (Å²) in [7, 11) is 1.66. The van der Waals surface area contributed by atoms with Gasteiger partial charge in [-0.05, 0) is 44.2 Å². The second kappa shape index (κ2) is 7.74. The van der Waals surface area contributed by atoms with Gasteiger partial charge in [0.1, 0.15) is 0 Å². The molecule has 5 nitrogen and oxygen atoms in total. The van der Waals surface area contributed by atoms with Crippen LogP contribution in [0.2, 0.25) is 0 Å². The van der Waals surface area contributed by atoms with Gasteiger partial charge in [-0.25, -0.2) is 0 Å². The van der Waals surface area contributed by atoms with Crippen LogP contribution in [0.25, 0.3) is 0 Å². The fourth-order valence-corrected chi connectivity index (χ4v) is 3.41. The minimum atomic E-state index is -0.100. The van der Waals surface area contributed by atoms with Crippen molar-refractivity contribution in [1.82, 2.24) is 15.1 Å². The van der Waals surface area contributed by atoms with Crippen LogP contribution in [0.5, 0.6) is 0 Å². The molecule has 1 aliphatic rings. The van der Waals surface area contributed by atoms with Gasteiger partial charge >= 0.3 is 0 Å². The van der Waals surface area contributed by atoms with Gasteiger partial charge in [0.05, 0.1) is 11.4 Å². The third-order valence-corrected chi connectivity index (χ3v) is 4.95. The molecule has 0 aromatic carbocycles. The molecule has 0 unspecified atom stereocenters. The molecule has 6 heteroatoms. The van der Waals surface area contributed by atoms with Gasteiger partial charge in [-0.15, -0.1) is 11.3 Å². The van der Waals surface area contributed by atoms with Crippen molar-refractivity contribution in [3.05, 3.63) is 22.4 Å². The summed E-state index contributed by atoms with van der Waals surface area (Å²) >= 11 is 1.39. The average Bonchev–Trinajstić information content (AvgIpc) is 3.15. The molecule has 1 aliphatic heterocycles. The highest BCUT2D eigenvalue weighted by atomic mass is 32.1. The van der Waals surface area contributed by atoms with Gasteiger partial charge in [-0.2, -0.15) is 0 Å². The lowest BCUT2D eigenvalue weighted by Gasteiger charge is -2.20. The van der Waals surface area contributed by atoms with Gasteiger partial charge in [-0.3, -0.25) is 9.59 Å². The first-order valence-electron chi connectivity index (χ1n) is 7.77. The Bertz CT molecular complexity index is 501. The fourth-order valence-electron chi connectivity index (χ4n) is 2.69. The SMILES string of the molecule is CC(C)N1CC[C@H](CNC(=O)CN(C)C(=O)c2cccs2)C1. The van der Waals surface area contributed by atoms with Gasteiger partial charge in [0, 0.05) is 26.2 Å². The predicted molar refractivity (Wildman–Crippen MR) is 89.1 cm³/mol. The van der Waals surface area contributed by atoms with E-state index < -0.39 is 0 Å². The number of hydrogen-bond acceptors (Lipinski definition) is 4. The van der Waals surface area contributed by atoms with Crippen molar-refractivity contribution < 1.29 is 9.59 Å². The molecule has 0 spiro atoms. The minimum absolute atomic E-state index is 0.0876. The van der Waals surface area contributed by atoms with E-state index in [0.717, 1.165) is 19.5 Å². The number of hydrogen-bond donors (Lipinski definition) is 1. The van der Waals surface area contributed by atoms with E-state index in [4.69, 9.17) is 0 Å². The Morgan fingerprint density at radius 3 is 2.86 bits per heavy atom. The Hall–Kier alpha value is -1.40. The zero-order valence-corrected chi connectivity index (χ0v) is 14.4. The van der Waals surface area contributed by atoms with E-state index in [0.29, 0.717) is 23.4 Å². The smallest absolute Gasteiger partial charge is 0.264 e. The Morgan fingerprint density at radius 2 is 2.27 bits per heavy atom. The van der Waals surface area contributed by atoms with E-state index >= 15 is 0 Å². The molecule has 1 aromatic heterocycles. The fraction of sp³-hybridized carbons (Fsp3) is 0.625. The number of likely N-dealkylation sites (N-methyl/N-ethyl adjacent to an activating group) is 1. The van der Waals surface area contributed by atoms with E-state index in [1.165, 1.54) is 16.2 Å². The average molecular weight is 323 g/mol. The maximum absolute atomic E-state index is 12.1. The second-order valence-electron chi connectivity index (χ2n) is 6.19. The van der Waals surface area contributed by atoms with Crippen LogP contribution in [0.1, 0.15) is 29.9 Å². The molecule has 2 heterocycles. The summed E-state index contributed by atoms with van der Waals surface area (Å²) in [4.78, 5) is 28.6. The summed E-state index contributed by atoms with van der Waals surface area (Å²) in [6.07, 6.45) is 1.13. The molecule has 1 saturated heterocycles. The molecule has 1 aromatic rings. The maximum atomic E-state index is 12.1. The third-order valence-electron chi connectivity index (χ3n) is 4.09. The molecule has 2 rings (SSSR count). The molecule has 1 atom stereocenters. The monoisotopic (exact) mass is 323 g/mol. The summed E-state index contributed by atoms with van der Waals surface area (Å²) in [5, 5.41) is 4.82. The van der Waals surface area contributed by atoms with E-state index in [1.54, 1.807) is 13.1 Å². The Labute approximate surface area is 136 Å². The molecule has 22 heavy (non-hydrogen) atoms. The first-order chi connectivity index (χ1) is 10.5. The lowest BCUT2D eigenvalue weighted by molar-refractivity contribution is -0.121. The summed E-state index contributed by atoms with van der Waals surface area (Å²) in [6.45, 7) is 7.36. The van der Waals surface area contributed by atoms with Crippen LogP contribution in [0.3, 0.4) is 0 Å². The molecule has 2 amide bonds. The zero-order chi connectivity index (χ0) is 16.1. The molecule has 1 N–H and O–H groups in total. The van der Waals surface area contributed by atoms with Crippen LogP contribution in [-0.4, -0.2) is 60.9 Å². The number of carbonyl (C=O) groups is 2. The number of rotatable bonds is 6. The lowest BCUT2D eigenvalue weighted by Crippen LogP contribution is -2.40. The van der Waals surface area contributed by atoms with Crippen LogP contribution in [0, 0.1) is 5.92 Å². The van der Waals surface area contributed by atoms with Crippen LogP contribution in [0.4, 0.5) is 0 Å². The second-order valence-corrected chi connectivity index (χ2v) is 7.13. The summed E-state index contributed by atoms with van der Waals surface area (Å²) in [5.74, 6) is 0.331. The maximum Gasteiger partial charge on any atom is 0.264 e. The van der Waals surface area contributed by atoms with Gasteiger partial charge < -0.3 is 15.1 Å². The van der Waals surface area contributed by atoms with Crippen LogP contribution >= 0.6 is 11.3 Å². The molecular weight excluding hydrogens is 298 g/mol. The third kappa shape index (κ3) is 4.55. The number of thiophene rings is 1. The van der Waals surface area contributed by atoms with E-state index in [2.05, 4.69) is 24.1 Å². The van der Waals surface area contributed by atoms with Gasteiger partial charge in [0.25, 0.3) is 5.91 Å². The van der Waals surface area contributed by atoms with Crippen LogP contribution in [-0.2, 0) is 4.79 Å². The first kappa shape index (κ1) is 17.0. The number of likely N-dealkylation sites (tertiary alicyclic amines) is 1.